The number of thiazole rings is 1. The molecule has 2 unspecified atom stereocenters. The molecular weight excluding hydrogens is 543 g/mol. The first kappa shape index (κ1) is 25.2. The maximum absolute atomic E-state index is 13.8. The number of amidine groups is 1. The number of rotatable bonds is 7. The summed E-state index contributed by atoms with van der Waals surface area (Å²) >= 11 is 4.80. The molecule has 2 atom stereocenters. The van der Waals surface area contributed by atoms with Crippen LogP contribution >= 0.6 is 27.3 Å². The van der Waals surface area contributed by atoms with E-state index in [1.54, 1.807) is 12.3 Å². The van der Waals surface area contributed by atoms with E-state index < -0.39 is 29.9 Å². The predicted molar refractivity (Wildman–Crippen MR) is 131 cm³/mol. The molecule has 12 heteroatoms. The fourth-order valence-electron chi connectivity index (χ4n) is 3.87. The number of carboxylic acid groups (broad SMARTS) is 1. The molecule has 0 aliphatic carbocycles. The summed E-state index contributed by atoms with van der Waals surface area (Å²) in [5.41, 5.74) is 1.47. The molecule has 4 rings (SSSR count). The number of nitrogens with one attached hydrogen (secondary N) is 1. The zero-order valence-electron chi connectivity index (χ0n) is 18.6. The highest BCUT2D eigenvalue weighted by Gasteiger charge is 2.35. The minimum Gasteiger partial charge on any atom is -0.478 e. The predicted octanol–water partition coefficient (Wildman–Crippen LogP) is 2.90. The molecule has 0 spiro atoms. The van der Waals surface area contributed by atoms with Crippen molar-refractivity contribution in [2.24, 2.45) is 4.99 Å². The summed E-state index contributed by atoms with van der Waals surface area (Å²) in [5, 5.41) is 14.6. The highest BCUT2D eigenvalue weighted by atomic mass is 79.9. The second-order valence-corrected chi connectivity index (χ2v) is 9.48. The van der Waals surface area contributed by atoms with Gasteiger partial charge in [-0.2, -0.15) is 0 Å². The van der Waals surface area contributed by atoms with Crippen molar-refractivity contribution in [2.45, 2.75) is 12.1 Å². The van der Waals surface area contributed by atoms with Crippen molar-refractivity contribution in [2.75, 3.05) is 33.4 Å². The topological polar surface area (TPSA) is 113 Å². The van der Waals surface area contributed by atoms with E-state index in [2.05, 4.69) is 26.2 Å². The van der Waals surface area contributed by atoms with E-state index >= 15 is 0 Å². The Bertz CT molecular complexity index is 1200. The molecule has 9 nitrogen and oxygen atoms in total. The molecule has 1 aromatic heterocycles. The summed E-state index contributed by atoms with van der Waals surface area (Å²) in [6.45, 7) is 1.73. The molecule has 1 saturated heterocycles. The van der Waals surface area contributed by atoms with Crippen LogP contribution in [0.5, 0.6) is 0 Å². The van der Waals surface area contributed by atoms with Crippen LogP contribution in [-0.4, -0.2) is 72.2 Å². The zero-order valence-corrected chi connectivity index (χ0v) is 21.0. The van der Waals surface area contributed by atoms with Crippen LogP contribution in [0.15, 0.2) is 62.7 Å². The highest BCUT2D eigenvalue weighted by Crippen LogP contribution is 2.37. The van der Waals surface area contributed by atoms with Crippen molar-refractivity contribution >= 4 is 45.0 Å². The van der Waals surface area contributed by atoms with Crippen LogP contribution in [0.2, 0.25) is 0 Å². The van der Waals surface area contributed by atoms with Crippen LogP contribution in [-0.2, 0) is 19.1 Å². The lowest BCUT2D eigenvalue weighted by Gasteiger charge is -2.34. The average molecular weight is 565 g/mol. The first-order valence-electron chi connectivity index (χ1n) is 10.6. The van der Waals surface area contributed by atoms with E-state index in [1.807, 2.05) is 10.3 Å². The number of esters is 1. The van der Waals surface area contributed by atoms with Crippen molar-refractivity contribution in [3.63, 3.8) is 0 Å². The van der Waals surface area contributed by atoms with E-state index in [1.165, 1.54) is 36.7 Å². The van der Waals surface area contributed by atoms with Gasteiger partial charge in [0.25, 0.3) is 0 Å². The van der Waals surface area contributed by atoms with E-state index in [9.17, 15) is 14.0 Å². The van der Waals surface area contributed by atoms with Crippen LogP contribution in [0.25, 0.3) is 0 Å². The third kappa shape index (κ3) is 6.01. The Morgan fingerprint density at radius 1 is 1.46 bits per heavy atom. The molecule has 2 aliphatic rings. The number of carboxylic acids is 1. The lowest BCUT2D eigenvalue weighted by Crippen LogP contribution is -2.46. The van der Waals surface area contributed by atoms with Gasteiger partial charge in [-0.3, -0.25) is 9.89 Å². The van der Waals surface area contributed by atoms with Crippen molar-refractivity contribution in [3.05, 3.63) is 74.1 Å². The summed E-state index contributed by atoms with van der Waals surface area (Å²) in [7, 11) is 1.30. The highest BCUT2D eigenvalue weighted by molar-refractivity contribution is 9.10. The van der Waals surface area contributed by atoms with Crippen LogP contribution in [0, 0.1) is 5.82 Å². The van der Waals surface area contributed by atoms with Gasteiger partial charge in [-0.1, -0.05) is 22.0 Å². The minimum atomic E-state index is -1.05. The molecule has 2 aromatic rings. The van der Waals surface area contributed by atoms with Crippen molar-refractivity contribution in [1.29, 1.82) is 0 Å². The van der Waals surface area contributed by atoms with Gasteiger partial charge in [0.1, 0.15) is 11.9 Å². The Morgan fingerprint density at radius 3 is 2.97 bits per heavy atom. The molecule has 3 heterocycles. The number of methoxy groups -OCH3 is 1. The van der Waals surface area contributed by atoms with E-state index in [0.717, 1.165) is 6.08 Å². The quantitative estimate of drug-likeness (QED) is 0.390. The van der Waals surface area contributed by atoms with Gasteiger partial charge in [0.05, 0.1) is 25.4 Å². The molecule has 0 bridgehead atoms. The number of ether oxygens (including phenoxy) is 2. The Morgan fingerprint density at radius 2 is 2.29 bits per heavy atom. The number of aliphatic imine (C=N–C) groups is 1. The maximum atomic E-state index is 13.8. The van der Waals surface area contributed by atoms with E-state index in [4.69, 9.17) is 19.6 Å². The average Bonchev–Trinajstić information content (AvgIpc) is 3.37. The largest absolute Gasteiger partial charge is 0.478 e. The first-order valence-corrected chi connectivity index (χ1v) is 12.3. The second-order valence-electron chi connectivity index (χ2n) is 7.73. The standard InChI is InChI=1S/C23H22BrFN4O5S/c1-33-23(32)19-17(12-29-7-8-34-14(11-29)3-5-18(30)31)27-21(22-26-6-9-35-22)28-20(19)15-4-2-13(25)10-16(15)24/h2-6,9-10,14,20H,7-8,11-12H2,1H3,(H,27,28)(H,30,31)/b5-3+. The fourth-order valence-corrected chi connectivity index (χ4v) is 5.03. The molecule has 0 radical (unpaired) electrons. The number of aliphatic carboxylic acids is 1. The van der Waals surface area contributed by atoms with Gasteiger partial charge in [0.15, 0.2) is 10.8 Å². The third-order valence-electron chi connectivity index (χ3n) is 5.44. The summed E-state index contributed by atoms with van der Waals surface area (Å²) in [5.74, 6) is -1.55. The van der Waals surface area contributed by atoms with E-state index in [-0.39, 0.29) is 0 Å². The molecule has 184 valence electrons. The number of hydrogen-bond donors (Lipinski definition) is 2. The number of morpholine rings is 1. The maximum Gasteiger partial charge on any atom is 0.338 e. The zero-order chi connectivity index (χ0) is 24.9. The summed E-state index contributed by atoms with van der Waals surface area (Å²) in [6.07, 6.45) is 3.81. The Hall–Kier alpha value is -2.93. The number of carbonyl (C=O) groups excluding carboxylic acids is 1. The van der Waals surface area contributed by atoms with Gasteiger partial charge in [-0.05, 0) is 23.8 Å². The van der Waals surface area contributed by atoms with Crippen molar-refractivity contribution in [3.8, 4) is 0 Å². The molecule has 0 saturated carbocycles. The van der Waals surface area contributed by atoms with Crippen LogP contribution in [0.4, 0.5) is 4.39 Å². The van der Waals surface area contributed by atoms with E-state index in [0.29, 0.717) is 58.4 Å². The lowest BCUT2D eigenvalue weighted by molar-refractivity contribution is -0.136. The van der Waals surface area contributed by atoms with Gasteiger partial charge in [0.2, 0.25) is 0 Å². The minimum absolute atomic E-state index is 0.296. The molecule has 1 aromatic carbocycles. The SMILES string of the molecule is COC(=O)C1=C(CN2CCOC(/C=C/C(=O)O)C2)NC(c2nccs2)=NC1c1ccc(F)cc1Br. The second kappa shape index (κ2) is 11.2. The number of halogens is 2. The van der Waals surface area contributed by atoms with Crippen LogP contribution in [0.3, 0.4) is 0 Å². The summed E-state index contributed by atoms with van der Waals surface area (Å²) < 4.78 is 25.0. The Kier molecular flexibility index (Phi) is 8.06. The molecule has 2 N–H and O–H groups in total. The smallest absolute Gasteiger partial charge is 0.338 e. The van der Waals surface area contributed by atoms with Crippen molar-refractivity contribution in [1.82, 2.24) is 15.2 Å². The fraction of sp³-hybridized carbons (Fsp3) is 0.304. The van der Waals surface area contributed by atoms with Gasteiger partial charge < -0.3 is 19.9 Å². The van der Waals surface area contributed by atoms with Gasteiger partial charge in [-0.15, -0.1) is 11.3 Å². The number of nitrogens with zero attached hydrogens (tertiary/aromatic N) is 3. The molecule has 1 fully saturated rings. The summed E-state index contributed by atoms with van der Waals surface area (Å²) in [4.78, 5) is 35.1. The molecule has 0 amide bonds. The Balaban J connectivity index is 1.73. The Labute approximate surface area is 213 Å². The molecular formula is C23H22BrFN4O5S. The third-order valence-corrected chi connectivity index (χ3v) is 6.90. The molecule has 35 heavy (non-hydrogen) atoms. The van der Waals surface area contributed by atoms with Gasteiger partial charge in [-0.25, -0.2) is 19.0 Å². The normalized spacial score (nSPS) is 21.1. The van der Waals surface area contributed by atoms with Gasteiger partial charge >= 0.3 is 11.9 Å². The number of aromatic nitrogens is 1. The monoisotopic (exact) mass is 564 g/mol. The lowest BCUT2D eigenvalue weighted by atomic mass is 9.95. The summed E-state index contributed by atoms with van der Waals surface area (Å²) in [6, 6.07) is 3.46. The first-order chi connectivity index (χ1) is 16.9. The van der Waals surface area contributed by atoms with Crippen LogP contribution in [0.1, 0.15) is 16.6 Å². The van der Waals surface area contributed by atoms with Crippen LogP contribution < -0.4 is 5.32 Å². The van der Waals surface area contributed by atoms with Gasteiger partial charge in [0, 0.05) is 47.5 Å². The van der Waals surface area contributed by atoms with Crippen molar-refractivity contribution < 1.29 is 28.6 Å². The number of benzene rings is 1. The number of hydrogen-bond acceptors (Lipinski definition) is 9. The number of carbonyl (C=O) groups is 2. The molecule has 2 aliphatic heterocycles.